The van der Waals surface area contributed by atoms with E-state index in [0.717, 1.165) is 72.4 Å². The number of furan rings is 1. The number of benzene rings is 2. The van der Waals surface area contributed by atoms with Gasteiger partial charge >= 0.3 is 0 Å². The van der Waals surface area contributed by atoms with Gasteiger partial charge < -0.3 is 4.42 Å². The minimum Gasteiger partial charge on any atom is -0.456 e. The van der Waals surface area contributed by atoms with Crippen molar-refractivity contribution in [1.82, 2.24) is 0 Å². The van der Waals surface area contributed by atoms with Gasteiger partial charge in [0.25, 0.3) is 0 Å². The summed E-state index contributed by atoms with van der Waals surface area (Å²) in [5, 5.41) is 2.25. The molecule has 3 aliphatic carbocycles. The largest absolute Gasteiger partial charge is 0.456 e. The molecule has 2 unspecified atom stereocenters. The lowest BCUT2D eigenvalue weighted by Crippen LogP contribution is -2.28. The number of hydrogen-bond donors (Lipinski definition) is 0. The standard InChI is InChI=1S/C29H30O3/c30-26-16-22(18-9-11-20(12-10-18)29(31)19-5-1-2-6-19)15-25(26)21-13-14-24-23-7-3-4-8-27(23)32-28(24)17-21/h1-4,7-8,13-14,17-20,22,25H,5-6,9-12,15-16H2. The molecule has 3 aromatic rings. The van der Waals surface area contributed by atoms with Crippen LogP contribution in [0.4, 0.5) is 0 Å². The van der Waals surface area contributed by atoms with Crippen molar-refractivity contribution >= 4 is 33.5 Å². The van der Waals surface area contributed by atoms with Crippen molar-refractivity contribution in [2.24, 2.45) is 23.7 Å². The summed E-state index contributed by atoms with van der Waals surface area (Å²) in [6, 6.07) is 14.4. The van der Waals surface area contributed by atoms with Gasteiger partial charge in [-0.3, -0.25) is 9.59 Å². The lowest BCUT2D eigenvalue weighted by molar-refractivity contribution is -0.128. The summed E-state index contributed by atoms with van der Waals surface area (Å²) >= 11 is 0. The molecular weight excluding hydrogens is 396 g/mol. The summed E-state index contributed by atoms with van der Waals surface area (Å²) in [7, 11) is 0. The fraction of sp³-hybridized carbons (Fsp3) is 0.448. The highest BCUT2D eigenvalue weighted by Crippen LogP contribution is 2.46. The van der Waals surface area contributed by atoms with E-state index in [-0.39, 0.29) is 17.8 Å². The number of hydrogen-bond acceptors (Lipinski definition) is 3. The van der Waals surface area contributed by atoms with Crippen molar-refractivity contribution in [3.05, 3.63) is 60.2 Å². The predicted octanol–water partition coefficient (Wildman–Crippen LogP) is 6.99. The third kappa shape index (κ3) is 3.43. The average molecular weight is 427 g/mol. The quantitative estimate of drug-likeness (QED) is 0.422. The molecule has 0 radical (unpaired) electrons. The maximum atomic E-state index is 13.0. The van der Waals surface area contributed by atoms with Gasteiger partial charge in [0.1, 0.15) is 22.7 Å². The predicted molar refractivity (Wildman–Crippen MR) is 127 cm³/mol. The zero-order chi connectivity index (χ0) is 21.7. The van der Waals surface area contributed by atoms with Gasteiger partial charge in [-0.15, -0.1) is 0 Å². The molecule has 32 heavy (non-hydrogen) atoms. The molecule has 3 heteroatoms. The lowest BCUT2D eigenvalue weighted by Gasteiger charge is -2.32. The second kappa shape index (κ2) is 8.03. The Bertz CT molecular complexity index is 1200. The Labute approximate surface area is 188 Å². The van der Waals surface area contributed by atoms with Gasteiger partial charge in [-0.1, -0.05) is 42.5 Å². The Kier molecular flexibility index (Phi) is 5.01. The summed E-state index contributed by atoms with van der Waals surface area (Å²) < 4.78 is 6.06. The van der Waals surface area contributed by atoms with Crippen LogP contribution in [0.2, 0.25) is 0 Å². The number of Topliss-reactive ketones (excluding diaryl/α,β-unsaturated/α-hetero) is 2. The number of para-hydroxylation sites is 1. The molecule has 0 aliphatic heterocycles. The van der Waals surface area contributed by atoms with Crippen LogP contribution in [0.5, 0.6) is 0 Å². The third-order valence-corrected chi connectivity index (χ3v) is 8.45. The number of carbonyl (C=O) groups excluding carboxylic acids is 2. The number of carbonyl (C=O) groups is 2. The summed E-state index contributed by atoms with van der Waals surface area (Å²) in [5.74, 6) is 2.39. The van der Waals surface area contributed by atoms with Crippen LogP contribution in [0.1, 0.15) is 62.8 Å². The number of allylic oxidation sites excluding steroid dienone is 2. The van der Waals surface area contributed by atoms with E-state index < -0.39 is 0 Å². The van der Waals surface area contributed by atoms with E-state index in [1.165, 1.54) is 0 Å². The second-order valence-electron chi connectivity index (χ2n) is 10.2. The molecule has 0 N–H and O–H groups in total. The fourth-order valence-electron chi connectivity index (χ4n) is 6.62. The second-order valence-corrected chi connectivity index (χ2v) is 10.2. The van der Waals surface area contributed by atoms with Crippen LogP contribution in [0.25, 0.3) is 21.9 Å². The van der Waals surface area contributed by atoms with E-state index in [2.05, 4.69) is 36.4 Å². The van der Waals surface area contributed by atoms with Crippen LogP contribution >= 0.6 is 0 Å². The lowest BCUT2D eigenvalue weighted by atomic mass is 9.72. The third-order valence-electron chi connectivity index (χ3n) is 8.45. The van der Waals surface area contributed by atoms with Gasteiger partial charge in [0.15, 0.2) is 0 Å². The Morgan fingerprint density at radius 1 is 0.812 bits per heavy atom. The molecule has 3 nitrogen and oxygen atoms in total. The van der Waals surface area contributed by atoms with Crippen molar-refractivity contribution in [1.29, 1.82) is 0 Å². The van der Waals surface area contributed by atoms with Crippen molar-refractivity contribution in [2.75, 3.05) is 0 Å². The molecule has 0 spiro atoms. The minimum absolute atomic E-state index is 0.0125. The maximum absolute atomic E-state index is 13.0. The first kappa shape index (κ1) is 20.0. The molecule has 6 rings (SSSR count). The van der Waals surface area contributed by atoms with Gasteiger partial charge in [-0.25, -0.2) is 0 Å². The smallest absolute Gasteiger partial charge is 0.140 e. The molecule has 2 saturated carbocycles. The Hall–Kier alpha value is -2.68. The van der Waals surface area contributed by atoms with E-state index in [9.17, 15) is 9.59 Å². The molecule has 0 saturated heterocycles. The molecule has 1 heterocycles. The first-order valence-corrected chi connectivity index (χ1v) is 12.3. The summed E-state index contributed by atoms with van der Waals surface area (Å²) in [5.41, 5.74) is 2.87. The minimum atomic E-state index is -0.0125. The number of ketones is 2. The monoisotopic (exact) mass is 426 g/mol. The number of rotatable bonds is 4. The fourth-order valence-corrected chi connectivity index (χ4v) is 6.62. The SMILES string of the molecule is O=C(C1CC=CC1)C1CCC(C2CC(=O)C(c3ccc4c(c3)oc3ccccc34)C2)CC1. The molecule has 164 valence electrons. The van der Waals surface area contributed by atoms with Crippen LogP contribution < -0.4 is 0 Å². The first-order valence-electron chi connectivity index (χ1n) is 12.3. The Balaban J connectivity index is 1.14. The molecule has 2 aromatic carbocycles. The topological polar surface area (TPSA) is 47.3 Å². The van der Waals surface area contributed by atoms with Crippen LogP contribution in [-0.2, 0) is 9.59 Å². The highest BCUT2D eigenvalue weighted by Gasteiger charge is 2.40. The molecule has 0 amide bonds. The Morgan fingerprint density at radius 2 is 1.56 bits per heavy atom. The van der Waals surface area contributed by atoms with E-state index in [4.69, 9.17) is 4.42 Å². The van der Waals surface area contributed by atoms with Crippen LogP contribution in [0.15, 0.2) is 59.0 Å². The molecule has 2 fully saturated rings. The summed E-state index contributed by atoms with van der Waals surface area (Å²) in [4.78, 5) is 25.8. The van der Waals surface area contributed by atoms with Gasteiger partial charge in [-0.05, 0) is 74.5 Å². The zero-order valence-electron chi connectivity index (χ0n) is 18.5. The molecule has 3 aliphatic rings. The first-order chi connectivity index (χ1) is 15.7. The summed E-state index contributed by atoms with van der Waals surface area (Å²) in [6.45, 7) is 0. The average Bonchev–Trinajstić information content (AvgIpc) is 3.57. The van der Waals surface area contributed by atoms with Crippen molar-refractivity contribution in [3.8, 4) is 0 Å². The van der Waals surface area contributed by atoms with E-state index >= 15 is 0 Å². The van der Waals surface area contributed by atoms with Crippen LogP contribution in [0.3, 0.4) is 0 Å². The molecular formula is C29H30O3. The van der Waals surface area contributed by atoms with Gasteiger partial charge in [0.2, 0.25) is 0 Å². The molecule has 0 bridgehead atoms. The number of fused-ring (bicyclic) bond motifs is 3. The molecule has 1 aromatic heterocycles. The van der Waals surface area contributed by atoms with Gasteiger partial charge in [-0.2, -0.15) is 0 Å². The molecule has 2 atom stereocenters. The van der Waals surface area contributed by atoms with E-state index in [1.54, 1.807) is 0 Å². The zero-order valence-corrected chi connectivity index (χ0v) is 18.5. The van der Waals surface area contributed by atoms with Crippen LogP contribution in [0, 0.1) is 23.7 Å². The van der Waals surface area contributed by atoms with E-state index in [0.29, 0.717) is 29.8 Å². The van der Waals surface area contributed by atoms with Gasteiger partial charge in [0.05, 0.1) is 0 Å². The summed E-state index contributed by atoms with van der Waals surface area (Å²) in [6.07, 6.45) is 12.1. The van der Waals surface area contributed by atoms with Crippen molar-refractivity contribution < 1.29 is 14.0 Å². The highest BCUT2D eigenvalue weighted by atomic mass is 16.3. The van der Waals surface area contributed by atoms with Gasteiger partial charge in [0, 0.05) is 34.9 Å². The normalized spacial score (nSPS) is 28.8. The van der Waals surface area contributed by atoms with E-state index in [1.807, 2.05) is 18.2 Å². The maximum Gasteiger partial charge on any atom is 0.140 e. The highest BCUT2D eigenvalue weighted by molar-refractivity contribution is 6.05. The van der Waals surface area contributed by atoms with Crippen molar-refractivity contribution in [3.63, 3.8) is 0 Å². The van der Waals surface area contributed by atoms with Crippen LogP contribution in [-0.4, -0.2) is 11.6 Å². The Morgan fingerprint density at radius 3 is 2.38 bits per heavy atom. The van der Waals surface area contributed by atoms with Crippen molar-refractivity contribution in [2.45, 2.75) is 57.3 Å².